The molecular formula is C26H28N6O2S2. The van der Waals surface area contributed by atoms with E-state index in [1.54, 1.807) is 6.07 Å². The molecule has 186 valence electrons. The van der Waals surface area contributed by atoms with E-state index in [0.29, 0.717) is 21.7 Å². The molecule has 2 heterocycles. The van der Waals surface area contributed by atoms with Crippen LogP contribution in [-0.4, -0.2) is 37.3 Å². The Balaban J connectivity index is 1.38. The van der Waals surface area contributed by atoms with Crippen LogP contribution in [0.3, 0.4) is 0 Å². The summed E-state index contributed by atoms with van der Waals surface area (Å²) in [5.74, 6) is 0.556. The van der Waals surface area contributed by atoms with Crippen LogP contribution in [0, 0.1) is 12.8 Å². The van der Waals surface area contributed by atoms with Crippen LogP contribution < -0.4 is 10.6 Å². The van der Waals surface area contributed by atoms with Gasteiger partial charge in [-0.3, -0.25) is 9.59 Å². The van der Waals surface area contributed by atoms with E-state index in [9.17, 15) is 9.59 Å². The Morgan fingerprint density at radius 1 is 1.08 bits per heavy atom. The molecule has 0 bridgehead atoms. The molecule has 1 atom stereocenters. The summed E-state index contributed by atoms with van der Waals surface area (Å²) in [4.78, 5) is 29.9. The Morgan fingerprint density at radius 3 is 2.58 bits per heavy atom. The minimum absolute atomic E-state index is 0.0894. The van der Waals surface area contributed by atoms with Crippen LogP contribution in [0.2, 0.25) is 0 Å². The maximum Gasteiger partial charge on any atom is 0.251 e. The van der Waals surface area contributed by atoms with Crippen LogP contribution >= 0.6 is 23.1 Å². The van der Waals surface area contributed by atoms with Crippen LogP contribution in [-0.2, 0) is 11.8 Å². The van der Waals surface area contributed by atoms with Gasteiger partial charge in [-0.2, -0.15) is 0 Å². The number of nitrogens with zero attached hydrogens (tertiary/aromatic N) is 4. The van der Waals surface area contributed by atoms with Gasteiger partial charge in [-0.1, -0.05) is 73.6 Å². The van der Waals surface area contributed by atoms with Crippen molar-refractivity contribution >= 4 is 40.0 Å². The van der Waals surface area contributed by atoms with Gasteiger partial charge in [-0.05, 0) is 25.0 Å². The van der Waals surface area contributed by atoms with E-state index in [1.807, 2.05) is 86.3 Å². The van der Waals surface area contributed by atoms with E-state index in [4.69, 9.17) is 0 Å². The first-order valence-corrected chi connectivity index (χ1v) is 13.4. The predicted octanol–water partition coefficient (Wildman–Crippen LogP) is 5.10. The van der Waals surface area contributed by atoms with E-state index in [1.165, 1.54) is 23.1 Å². The lowest BCUT2D eigenvalue weighted by Gasteiger charge is -2.21. The summed E-state index contributed by atoms with van der Waals surface area (Å²) in [5, 5.41) is 17.6. The maximum absolute atomic E-state index is 12.9. The number of anilines is 1. The Hall–Kier alpha value is -3.50. The minimum Gasteiger partial charge on any atom is -0.342 e. The number of carbonyl (C=O) groups is 2. The quantitative estimate of drug-likeness (QED) is 0.298. The van der Waals surface area contributed by atoms with Gasteiger partial charge < -0.3 is 15.2 Å². The van der Waals surface area contributed by atoms with Crippen LogP contribution in [0.4, 0.5) is 5.13 Å². The molecule has 2 amide bonds. The fraction of sp³-hybridized carbons (Fsp3) is 0.269. The average molecular weight is 521 g/mol. The molecule has 0 spiro atoms. The van der Waals surface area contributed by atoms with Crippen molar-refractivity contribution < 1.29 is 9.59 Å². The second-order valence-corrected chi connectivity index (χ2v) is 10.5. The lowest BCUT2D eigenvalue weighted by atomic mass is 10.0. The molecule has 2 aromatic carbocycles. The molecule has 0 radical (unpaired) electrons. The number of thiazole rings is 1. The van der Waals surface area contributed by atoms with Gasteiger partial charge in [0.05, 0.1) is 17.5 Å². The first-order chi connectivity index (χ1) is 17.3. The molecular weight excluding hydrogens is 492 g/mol. The van der Waals surface area contributed by atoms with E-state index < -0.39 is 0 Å². The van der Waals surface area contributed by atoms with Gasteiger partial charge in [0.25, 0.3) is 5.91 Å². The molecule has 0 fully saturated rings. The number of amides is 2. The first kappa shape index (κ1) is 25.6. The Morgan fingerprint density at radius 2 is 1.86 bits per heavy atom. The number of carbonyl (C=O) groups excluding carboxylic acids is 2. The highest BCUT2D eigenvalue weighted by atomic mass is 32.2. The lowest BCUT2D eigenvalue weighted by Crippen LogP contribution is -2.33. The van der Waals surface area contributed by atoms with Crippen molar-refractivity contribution in [2.75, 3.05) is 11.1 Å². The number of aromatic nitrogens is 4. The van der Waals surface area contributed by atoms with Gasteiger partial charge in [-0.25, -0.2) is 4.98 Å². The van der Waals surface area contributed by atoms with Crippen molar-refractivity contribution in [1.29, 1.82) is 0 Å². The molecule has 8 nitrogen and oxygen atoms in total. The van der Waals surface area contributed by atoms with Gasteiger partial charge in [-0.15, -0.1) is 21.5 Å². The van der Waals surface area contributed by atoms with Crippen molar-refractivity contribution in [2.45, 2.75) is 32.0 Å². The van der Waals surface area contributed by atoms with E-state index in [0.717, 1.165) is 16.8 Å². The molecule has 36 heavy (non-hydrogen) atoms. The smallest absolute Gasteiger partial charge is 0.251 e. The van der Waals surface area contributed by atoms with Crippen molar-refractivity contribution in [3.05, 3.63) is 76.9 Å². The molecule has 4 aromatic rings. The van der Waals surface area contributed by atoms with Crippen molar-refractivity contribution in [1.82, 2.24) is 25.1 Å². The number of nitrogens with one attached hydrogen (secondary N) is 2. The molecule has 10 heteroatoms. The molecule has 2 aromatic heterocycles. The number of rotatable bonds is 9. The minimum atomic E-state index is -0.328. The monoisotopic (exact) mass is 520 g/mol. The Bertz CT molecular complexity index is 1350. The van der Waals surface area contributed by atoms with Crippen LogP contribution in [0.15, 0.2) is 65.1 Å². The number of thioether (sulfide) groups is 1. The molecule has 0 aliphatic carbocycles. The van der Waals surface area contributed by atoms with Gasteiger partial charge in [0.2, 0.25) is 5.91 Å². The van der Waals surface area contributed by atoms with Crippen LogP contribution in [0.1, 0.15) is 41.6 Å². The summed E-state index contributed by atoms with van der Waals surface area (Å²) in [6.07, 6.45) is 0. The number of hydrogen-bond acceptors (Lipinski definition) is 7. The Labute approximate surface area is 218 Å². The van der Waals surface area contributed by atoms with Gasteiger partial charge in [0.15, 0.2) is 16.1 Å². The van der Waals surface area contributed by atoms with E-state index in [-0.39, 0.29) is 29.5 Å². The highest BCUT2D eigenvalue weighted by molar-refractivity contribution is 7.99. The number of hydrogen-bond donors (Lipinski definition) is 2. The van der Waals surface area contributed by atoms with E-state index >= 15 is 0 Å². The zero-order chi connectivity index (χ0) is 25.7. The zero-order valence-corrected chi connectivity index (χ0v) is 22.2. The standard InChI is InChI=1S/C26H28N6O2S2/c1-16(2)22(29-24(34)19-12-8-9-17(3)13-19)23-30-31-26(32(23)4)36-15-21(33)28-25-27-20(14-35-25)18-10-6-5-7-11-18/h5-14,16,22H,15H2,1-4H3,(H,29,34)(H,27,28,33). The summed E-state index contributed by atoms with van der Waals surface area (Å²) < 4.78 is 1.83. The fourth-order valence-corrected chi connectivity index (χ4v) is 5.07. The molecule has 0 aliphatic heterocycles. The molecule has 2 N–H and O–H groups in total. The van der Waals surface area contributed by atoms with Crippen LogP contribution in [0.5, 0.6) is 0 Å². The van der Waals surface area contributed by atoms with Gasteiger partial charge in [0.1, 0.15) is 0 Å². The van der Waals surface area contributed by atoms with Crippen molar-refractivity contribution in [2.24, 2.45) is 13.0 Å². The van der Waals surface area contributed by atoms with Crippen LogP contribution in [0.25, 0.3) is 11.3 Å². The summed E-state index contributed by atoms with van der Waals surface area (Å²) in [5.41, 5.74) is 3.46. The SMILES string of the molecule is Cc1cccc(C(=O)NC(c2nnc(SCC(=O)Nc3nc(-c4ccccc4)cs3)n2C)C(C)C)c1. The second-order valence-electron chi connectivity index (χ2n) is 8.71. The normalized spacial score (nSPS) is 11.9. The highest BCUT2D eigenvalue weighted by Gasteiger charge is 2.25. The predicted molar refractivity (Wildman–Crippen MR) is 144 cm³/mol. The third kappa shape index (κ3) is 6.19. The molecule has 4 rings (SSSR count). The Kier molecular flexibility index (Phi) is 8.17. The zero-order valence-electron chi connectivity index (χ0n) is 20.6. The number of benzene rings is 2. The first-order valence-electron chi connectivity index (χ1n) is 11.5. The third-order valence-electron chi connectivity index (χ3n) is 5.53. The lowest BCUT2D eigenvalue weighted by molar-refractivity contribution is -0.113. The topological polar surface area (TPSA) is 102 Å². The number of aryl methyl sites for hydroxylation is 1. The van der Waals surface area contributed by atoms with E-state index in [2.05, 4.69) is 25.8 Å². The largest absolute Gasteiger partial charge is 0.342 e. The van der Waals surface area contributed by atoms with Gasteiger partial charge >= 0.3 is 0 Å². The maximum atomic E-state index is 12.9. The fourth-order valence-electron chi connectivity index (χ4n) is 3.62. The third-order valence-corrected chi connectivity index (χ3v) is 7.31. The highest BCUT2D eigenvalue weighted by Crippen LogP contribution is 2.26. The summed E-state index contributed by atoms with van der Waals surface area (Å²) in [6.45, 7) is 6.00. The average Bonchev–Trinajstić information content (AvgIpc) is 3.48. The molecule has 0 aliphatic rings. The van der Waals surface area contributed by atoms with Crippen molar-refractivity contribution in [3.63, 3.8) is 0 Å². The summed E-state index contributed by atoms with van der Waals surface area (Å²) in [7, 11) is 1.84. The van der Waals surface area contributed by atoms with Crippen molar-refractivity contribution in [3.8, 4) is 11.3 Å². The van der Waals surface area contributed by atoms with Gasteiger partial charge in [0, 0.05) is 23.6 Å². The summed E-state index contributed by atoms with van der Waals surface area (Å²) >= 11 is 2.67. The molecule has 0 saturated carbocycles. The second kappa shape index (κ2) is 11.5. The molecule has 0 saturated heterocycles. The summed E-state index contributed by atoms with van der Waals surface area (Å²) in [6, 6.07) is 17.0. The molecule has 1 unspecified atom stereocenters.